The molecule has 1 rings (SSSR count). The molecule has 1 aliphatic heterocycles. The lowest BCUT2D eigenvalue weighted by atomic mass is 10.0. The maximum absolute atomic E-state index is 11.5. The first-order valence-corrected chi connectivity index (χ1v) is 6.30. The van der Waals surface area contributed by atoms with E-state index in [1.807, 2.05) is 6.92 Å². The van der Waals surface area contributed by atoms with E-state index < -0.39 is 10.2 Å². The van der Waals surface area contributed by atoms with Crippen LogP contribution in [0.1, 0.15) is 19.8 Å². The predicted octanol–water partition coefficient (Wildman–Crippen LogP) is -0.477. The van der Waals surface area contributed by atoms with Gasteiger partial charge in [-0.25, -0.2) is 0 Å². The molecule has 0 spiro atoms. The first-order valence-electron chi connectivity index (χ1n) is 4.86. The lowest BCUT2D eigenvalue weighted by molar-refractivity contribution is 0.343. The Hall–Kier alpha value is -0.170. The molecule has 0 aromatic heterocycles. The third-order valence-corrected chi connectivity index (χ3v) is 4.10. The van der Waals surface area contributed by atoms with E-state index in [0.29, 0.717) is 0 Å². The maximum atomic E-state index is 11.5. The summed E-state index contributed by atoms with van der Waals surface area (Å²) in [5.74, 6) is 0. The van der Waals surface area contributed by atoms with Crippen LogP contribution in [0.4, 0.5) is 0 Å². The second kappa shape index (κ2) is 4.57. The van der Waals surface area contributed by atoms with Crippen LogP contribution in [0.15, 0.2) is 0 Å². The molecule has 2 unspecified atom stereocenters. The molecule has 6 heteroatoms. The Morgan fingerprint density at radius 3 is 2.57 bits per heavy atom. The summed E-state index contributed by atoms with van der Waals surface area (Å²) in [6, 6.07) is 0.217. The summed E-state index contributed by atoms with van der Waals surface area (Å²) in [6.45, 7) is 2.98. The molecule has 2 atom stereocenters. The summed E-state index contributed by atoms with van der Waals surface area (Å²) < 4.78 is 26.9. The normalized spacial score (nSPS) is 29.4. The molecule has 5 nitrogen and oxygen atoms in total. The highest BCUT2D eigenvalue weighted by atomic mass is 32.2. The number of hydrogen-bond donors (Lipinski definition) is 2. The lowest BCUT2D eigenvalue weighted by Crippen LogP contribution is -2.53. The second-order valence-corrected chi connectivity index (χ2v) is 5.81. The van der Waals surface area contributed by atoms with Crippen molar-refractivity contribution in [2.75, 3.05) is 20.6 Å². The van der Waals surface area contributed by atoms with Crippen molar-refractivity contribution in [2.24, 2.45) is 0 Å². The van der Waals surface area contributed by atoms with E-state index in [-0.39, 0.29) is 12.1 Å². The molecule has 14 heavy (non-hydrogen) atoms. The van der Waals surface area contributed by atoms with Gasteiger partial charge in [-0.1, -0.05) is 0 Å². The Kier molecular flexibility index (Phi) is 3.88. The van der Waals surface area contributed by atoms with Crippen molar-refractivity contribution in [3.8, 4) is 0 Å². The van der Waals surface area contributed by atoms with Crippen LogP contribution >= 0.6 is 0 Å². The number of hydrogen-bond acceptors (Lipinski definition) is 3. The van der Waals surface area contributed by atoms with E-state index in [0.717, 1.165) is 19.4 Å². The summed E-state index contributed by atoms with van der Waals surface area (Å²) in [6.07, 6.45) is 1.92. The highest BCUT2D eigenvalue weighted by Crippen LogP contribution is 2.09. The van der Waals surface area contributed by atoms with Gasteiger partial charge in [0.25, 0.3) is 10.2 Å². The Morgan fingerprint density at radius 2 is 2.07 bits per heavy atom. The molecular formula is C8H19N3O2S. The molecule has 84 valence electrons. The zero-order valence-electron chi connectivity index (χ0n) is 8.95. The minimum absolute atomic E-state index is 0.0103. The maximum Gasteiger partial charge on any atom is 0.279 e. The number of piperidine rings is 1. The molecule has 0 radical (unpaired) electrons. The largest absolute Gasteiger partial charge is 0.313 e. The fraction of sp³-hybridized carbons (Fsp3) is 1.00. The van der Waals surface area contributed by atoms with Gasteiger partial charge in [-0.15, -0.1) is 0 Å². The van der Waals surface area contributed by atoms with Crippen molar-refractivity contribution in [1.82, 2.24) is 14.3 Å². The average Bonchev–Trinajstić information content (AvgIpc) is 2.08. The highest BCUT2D eigenvalue weighted by Gasteiger charge is 2.26. The third kappa shape index (κ3) is 2.91. The van der Waals surface area contributed by atoms with Crippen LogP contribution in [0.5, 0.6) is 0 Å². The lowest BCUT2D eigenvalue weighted by Gasteiger charge is -2.31. The van der Waals surface area contributed by atoms with Crippen LogP contribution in [0.3, 0.4) is 0 Å². The van der Waals surface area contributed by atoms with Gasteiger partial charge >= 0.3 is 0 Å². The number of rotatable bonds is 3. The van der Waals surface area contributed by atoms with Gasteiger partial charge in [0, 0.05) is 26.2 Å². The van der Waals surface area contributed by atoms with E-state index in [1.165, 1.54) is 18.4 Å². The predicted molar refractivity (Wildman–Crippen MR) is 56.2 cm³/mol. The quantitative estimate of drug-likeness (QED) is 0.677. The fourth-order valence-electron chi connectivity index (χ4n) is 1.50. The molecule has 1 aliphatic rings. The van der Waals surface area contributed by atoms with Gasteiger partial charge in [-0.05, 0) is 26.3 Å². The minimum Gasteiger partial charge on any atom is -0.313 e. The topological polar surface area (TPSA) is 61.4 Å². The molecule has 0 bridgehead atoms. The van der Waals surface area contributed by atoms with Crippen molar-refractivity contribution in [1.29, 1.82) is 0 Å². The van der Waals surface area contributed by atoms with Crippen molar-refractivity contribution >= 4 is 10.2 Å². The van der Waals surface area contributed by atoms with Crippen LogP contribution in [0.25, 0.3) is 0 Å². The van der Waals surface area contributed by atoms with Crippen molar-refractivity contribution in [3.05, 3.63) is 0 Å². The first-order chi connectivity index (χ1) is 6.43. The molecule has 0 aromatic carbocycles. The molecule has 2 N–H and O–H groups in total. The van der Waals surface area contributed by atoms with Crippen LogP contribution in [-0.4, -0.2) is 45.4 Å². The summed E-state index contributed by atoms with van der Waals surface area (Å²) >= 11 is 0. The van der Waals surface area contributed by atoms with Crippen LogP contribution in [0, 0.1) is 0 Å². The van der Waals surface area contributed by atoms with Gasteiger partial charge in [0.1, 0.15) is 0 Å². The Bertz CT molecular complexity index is 276. The summed E-state index contributed by atoms with van der Waals surface area (Å²) in [5, 5.41) is 3.25. The Morgan fingerprint density at radius 1 is 1.43 bits per heavy atom. The smallest absolute Gasteiger partial charge is 0.279 e. The van der Waals surface area contributed by atoms with Crippen LogP contribution in [0.2, 0.25) is 0 Å². The number of nitrogens with zero attached hydrogens (tertiary/aromatic N) is 1. The zero-order valence-corrected chi connectivity index (χ0v) is 9.76. The molecule has 0 saturated carbocycles. The van der Waals surface area contributed by atoms with Crippen molar-refractivity contribution < 1.29 is 8.42 Å². The highest BCUT2D eigenvalue weighted by molar-refractivity contribution is 7.87. The summed E-state index contributed by atoms with van der Waals surface area (Å²) in [7, 11) is -0.225. The average molecular weight is 221 g/mol. The van der Waals surface area contributed by atoms with E-state index in [2.05, 4.69) is 10.0 Å². The second-order valence-electron chi connectivity index (χ2n) is 3.90. The zero-order chi connectivity index (χ0) is 10.8. The summed E-state index contributed by atoms with van der Waals surface area (Å²) in [4.78, 5) is 0. The fourth-order valence-corrected chi connectivity index (χ4v) is 2.42. The standard InChI is InChI=1S/C8H19N3O2S/c1-7-8(5-4-6-9-7)10-14(12,13)11(2)3/h7-10H,4-6H2,1-3H3. The van der Waals surface area contributed by atoms with E-state index in [9.17, 15) is 8.42 Å². The van der Waals surface area contributed by atoms with Gasteiger partial charge in [-0.3, -0.25) is 0 Å². The Labute approximate surface area is 86.0 Å². The van der Waals surface area contributed by atoms with Crippen molar-refractivity contribution in [3.63, 3.8) is 0 Å². The van der Waals surface area contributed by atoms with Gasteiger partial charge in [0.05, 0.1) is 0 Å². The van der Waals surface area contributed by atoms with Gasteiger partial charge in [0.15, 0.2) is 0 Å². The van der Waals surface area contributed by atoms with E-state index in [4.69, 9.17) is 0 Å². The molecule has 0 aromatic rings. The summed E-state index contributed by atoms with van der Waals surface area (Å²) in [5.41, 5.74) is 0. The Balaban J connectivity index is 2.58. The third-order valence-electron chi connectivity index (χ3n) is 2.54. The van der Waals surface area contributed by atoms with E-state index in [1.54, 1.807) is 0 Å². The molecule has 1 heterocycles. The molecule has 0 aliphatic carbocycles. The molecule has 1 saturated heterocycles. The molecular weight excluding hydrogens is 202 g/mol. The monoisotopic (exact) mass is 221 g/mol. The van der Waals surface area contributed by atoms with Crippen molar-refractivity contribution in [2.45, 2.75) is 31.8 Å². The van der Waals surface area contributed by atoms with Gasteiger partial charge in [-0.2, -0.15) is 17.4 Å². The van der Waals surface area contributed by atoms with Gasteiger partial charge < -0.3 is 5.32 Å². The van der Waals surface area contributed by atoms with Gasteiger partial charge in [0.2, 0.25) is 0 Å². The molecule has 1 fully saturated rings. The minimum atomic E-state index is -3.29. The SMILES string of the molecule is CC1NCCCC1NS(=O)(=O)N(C)C. The molecule has 0 amide bonds. The van der Waals surface area contributed by atoms with E-state index >= 15 is 0 Å². The first kappa shape index (κ1) is 11.9. The van der Waals surface area contributed by atoms with Crippen LogP contribution in [-0.2, 0) is 10.2 Å². The number of nitrogens with one attached hydrogen (secondary N) is 2. The van der Waals surface area contributed by atoms with Crippen LogP contribution < -0.4 is 10.0 Å².